The lowest BCUT2D eigenvalue weighted by atomic mass is 10.1. The number of amides is 1. The zero-order chi connectivity index (χ0) is 19.2. The van der Waals surface area contributed by atoms with E-state index in [-0.39, 0.29) is 5.91 Å². The van der Waals surface area contributed by atoms with Crippen molar-refractivity contribution in [3.05, 3.63) is 76.0 Å². The van der Waals surface area contributed by atoms with Crippen LogP contribution in [0.15, 0.2) is 54.9 Å². The van der Waals surface area contributed by atoms with E-state index in [4.69, 9.17) is 32.7 Å². The van der Waals surface area contributed by atoms with E-state index in [9.17, 15) is 4.79 Å². The van der Waals surface area contributed by atoms with Gasteiger partial charge >= 0.3 is 0 Å². The molecule has 2 aromatic carbocycles. The molecule has 0 aliphatic carbocycles. The van der Waals surface area contributed by atoms with Gasteiger partial charge in [-0.05, 0) is 35.9 Å². The smallest absolute Gasteiger partial charge is 0.255 e. The number of benzene rings is 2. The van der Waals surface area contributed by atoms with Crippen molar-refractivity contribution < 1.29 is 14.3 Å². The number of hydrogen-bond donors (Lipinski definition) is 1. The first-order valence-corrected chi connectivity index (χ1v) is 8.80. The molecule has 0 aliphatic heterocycles. The van der Waals surface area contributed by atoms with E-state index in [0.717, 1.165) is 5.56 Å². The van der Waals surface area contributed by atoms with Crippen LogP contribution in [-0.2, 0) is 18.1 Å². The summed E-state index contributed by atoms with van der Waals surface area (Å²) in [6.45, 7) is 0.648. The molecule has 0 atom stereocenters. The number of hydrogen-bond acceptors (Lipinski definition) is 4. The minimum absolute atomic E-state index is 0.222. The van der Waals surface area contributed by atoms with Crippen LogP contribution in [0.1, 0.15) is 15.9 Å². The van der Waals surface area contributed by atoms with Crippen molar-refractivity contribution in [2.24, 2.45) is 0 Å². The first-order chi connectivity index (χ1) is 13.0. The normalized spacial score (nSPS) is 10.6. The van der Waals surface area contributed by atoms with Crippen LogP contribution in [0.2, 0.25) is 10.0 Å². The summed E-state index contributed by atoms with van der Waals surface area (Å²) in [6, 6.07) is 12.2. The molecule has 3 aromatic rings. The Morgan fingerprint density at radius 1 is 1.19 bits per heavy atom. The van der Waals surface area contributed by atoms with Crippen LogP contribution in [0.25, 0.3) is 0 Å². The molecule has 0 spiro atoms. The highest BCUT2D eigenvalue weighted by atomic mass is 35.5. The molecule has 1 N–H and O–H groups in total. The Kier molecular flexibility index (Phi) is 6.34. The maximum absolute atomic E-state index is 12.3. The Labute approximate surface area is 166 Å². The number of methoxy groups -OCH3 is 1. The van der Waals surface area contributed by atoms with Gasteiger partial charge in [0.15, 0.2) is 0 Å². The lowest BCUT2D eigenvalue weighted by molar-refractivity contribution is 0.102. The van der Waals surface area contributed by atoms with Crippen LogP contribution in [0, 0.1) is 0 Å². The molecule has 1 heterocycles. The fourth-order valence-corrected chi connectivity index (χ4v) is 2.80. The summed E-state index contributed by atoms with van der Waals surface area (Å²) >= 11 is 12.0. The van der Waals surface area contributed by atoms with Crippen molar-refractivity contribution in [1.82, 2.24) is 9.78 Å². The van der Waals surface area contributed by atoms with Crippen molar-refractivity contribution in [3.8, 4) is 5.75 Å². The number of nitrogens with one attached hydrogen (secondary N) is 1. The highest BCUT2D eigenvalue weighted by Crippen LogP contribution is 2.28. The van der Waals surface area contributed by atoms with E-state index in [2.05, 4.69) is 10.4 Å². The zero-order valence-electron chi connectivity index (χ0n) is 14.5. The molecule has 1 aromatic heterocycles. The first-order valence-electron chi connectivity index (χ1n) is 8.04. The van der Waals surface area contributed by atoms with Crippen LogP contribution in [0.3, 0.4) is 0 Å². The first kappa shape index (κ1) is 19.2. The van der Waals surface area contributed by atoms with Gasteiger partial charge in [-0.1, -0.05) is 35.3 Å². The molecule has 1 amide bonds. The lowest BCUT2D eigenvalue weighted by Crippen LogP contribution is -2.11. The van der Waals surface area contributed by atoms with E-state index in [1.165, 1.54) is 0 Å². The average Bonchev–Trinajstić information content (AvgIpc) is 3.09. The second-order valence-electron chi connectivity index (χ2n) is 5.70. The molecule has 0 fully saturated rings. The van der Waals surface area contributed by atoms with Gasteiger partial charge in [0.05, 0.1) is 23.1 Å². The van der Waals surface area contributed by atoms with Gasteiger partial charge < -0.3 is 14.8 Å². The number of carbonyl (C=O) groups is 1. The van der Waals surface area contributed by atoms with Crippen molar-refractivity contribution in [1.29, 1.82) is 0 Å². The van der Waals surface area contributed by atoms with Crippen molar-refractivity contribution in [2.75, 3.05) is 12.4 Å². The topological polar surface area (TPSA) is 65.4 Å². The van der Waals surface area contributed by atoms with Gasteiger partial charge in [0.1, 0.15) is 19.1 Å². The summed E-state index contributed by atoms with van der Waals surface area (Å²) in [5.41, 5.74) is 2.04. The van der Waals surface area contributed by atoms with Crippen molar-refractivity contribution in [3.63, 3.8) is 0 Å². The molecule has 27 heavy (non-hydrogen) atoms. The molecule has 0 bridgehead atoms. The molecule has 0 saturated heterocycles. The van der Waals surface area contributed by atoms with Gasteiger partial charge in [-0.3, -0.25) is 4.79 Å². The molecule has 0 saturated carbocycles. The monoisotopic (exact) mass is 405 g/mol. The predicted octanol–water partition coefficient (Wildman–Crippen LogP) is 4.63. The summed E-state index contributed by atoms with van der Waals surface area (Å²) in [5, 5.41) is 7.86. The zero-order valence-corrected chi connectivity index (χ0v) is 16.0. The van der Waals surface area contributed by atoms with E-state index >= 15 is 0 Å². The molecule has 6 nitrogen and oxygen atoms in total. The molecule has 3 rings (SSSR count). The number of carbonyl (C=O) groups excluding carboxylic acids is 1. The van der Waals surface area contributed by atoms with Crippen LogP contribution >= 0.6 is 23.2 Å². The number of rotatable bonds is 7. The summed E-state index contributed by atoms with van der Waals surface area (Å²) in [5.74, 6) is 0.330. The molecular formula is C19H17Cl2N3O3. The Balaban J connectivity index is 1.58. The van der Waals surface area contributed by atoms with Gasteiger partial charge in [0.25, 0.3) is 5.91 Å². The Morgan fingerprint density at radius 3 is 2.67 bits per heavy atom. The molecule has 0 aliphatic rings. The third-order valence-corrected chi connectivity index (χ3v) is 4.19. The molecule has 140 valence electrons. The van der Waals surface area contributed by atoms with Crippen LogP contribution in [0.5, 0.6) is 5.75 Å². The number of anilines is 1. The van der Waals surface area contributed by atoms with Gasteiger partial charge in [-0.2, -0.15) is 5.10 Å². The van der Waals surface area contributed by atoms with E-state index in [0.29, 0.717) is 40.4 Å². The minimum Gasteiger partial charge on any atom is -0.487 e. The second kappa shape index (κ2) is 8.90. The number of aromatic nitrogens is 2. The van der Waals surface area contributed by atoms with Crippen LogP contribution < -0.4 is 10.1 Å². The number of nitrogens with zero attached hydrogens (tertiary/aromatic N) is 2. The Hall–Kier alpha value is -2.54. The largest absolute Gasteiger partial charge is 0.487 e. The summed E-state index contributed by atoms with van der Waals surface area (Å²) in [4.78, 5) is 12.3. The van der Waals surface area contributed by atoms with Crippen LogP contribution in [0.4, 0.5) is 5.69 Å². The highest BCUT2D eigenvalue weighted by molar-refractivity contribution is 6.35. The standard InChI is InChI=1S/C19H17Cl2N3O3/c1-26-12-24-10-16(9-22-24)23-19(25)14-4-2-13(3-5-14)11-27-18-7-6-15(20)8-17(18)21/h2-10H,11-12H2,1H3,(H,23,25). The summed E-state index contributed by atoms with van der Waals surface area (Å²) in [6.07, 6.45) is 3.26. The van der Waals surface area contributed by atoms with Gasteiger partial charge in [0.2, 0.25) is 0 Å². The Morgan fingerprint density at radius 2 is 1.96 bits per heavy atom. The maximum atomic E-state index is 12.3. The third kappa shape index (κ3) is 5.23. The van der Waals surface area contributed by atoms with Gasteiger partial charge in [-0.15, -0.1) is 0 Å². The van der Waals surface area contributed by atoms with E-state index < -0.39 is 0 Å². The van der Waals surface area contributed by atoms with Crippen molar-refractivity contribution in [2.45, 2.75) is 13.3 Å². The minimum atomic E-state index is -0.222. The molecule has 8 heteroatoms. The Bertz CT molecular complexity index is 926. The van der Waals surface area contributed by atoms with Gasteiger partial charge in [0, 0.05) is 17.7 Å². The average molecular weight is 406 g/mol. The number of ether oxygens (including phenoxy) is 2. The molecular weight excluding hydrogens is 389 g/mol. The molecule has 0 radical (unpaired) electrons. The second-order valence-corrected chi connectivity index (χ2v) is 6.54. The lowest BCUT2D eigenvalue weighted by Gasteiger charge is -2.09. The van der Waals surface area contributed by atoms with E-state index in [1.807, 2.05) is 12.1 Å². The predicted molar refractivity (Wildman–Crippen MR) is 104 cm³/mol. The summed E-state index contributed by atoms with van der Waals surface area (Å²) in [7, 11) is 1.58. The van der Waals surface area contributed by atoms with Crippen molar-refractivity contribution >= 4 is 34.8 Å². The number of halogens is 2. The molecule has 0 unspecified atom stereocenters. The fraction of sp³-hybridized carbons (Fsp3) is 0.158. The fourth-order valence-electron chi connectivity index (χ4n) is 2.34. The SMILES string of the molecule is COCn1cc(NC(=O)c2ccc(COc3ccc(Cl)cc3Cl)cc2)cn1. The van der Waals surface area contributed by atoms with E-state index in [1.54, 1.807) is 54.5 Å². The third-order valence-electron chi connectivity index (χ3n) is 3.66. The quantitative estimate of drug-likeness (QED) is 0.622. The highest BCUT2D eigenvalue weighted by Gasteiger charge is 2.08. The maximum Gasteiger partial charge on any atom is 0.255 e. The summed E-state index contributed by atoms with van der Waals surface area (Å²) < 4.78 is 12.2. The van der Waals surface area contributed by atoms with Crippen LogP contribution in [-0.4, -0.2) is 22.8 Å². The van der Waals surface area contributed by atoms with Gasteiger partial charge in [-0.25, -0.2) is 4.68 Å².